The Morgan fingerprint density at radius 3 is 2.28 bits per heavy atom. The molecule has 1 amide bonds. The van der Waals surface area contributed by atoms with Crippen LogP contribution in [0.5, 0.6) is 0 Å². The van der Waals surface area contributed by atoms with E-state index in [1.807, 2.05) is 37.3 Å². The molecule has 2 aromatic rings. The van der Waals surface area contributed by atoms with Crippen LogP contribution in [0.2, 0.25) is 0 Å². The Morgan fingerprint density at radius 1 is 1.16 bits per heavy atom. The highest BCUT2D eigenvalue weighted by molar-refractivity contribution is 6.27. The van der Waals surface area contributed by atoms with E-state index in [1.54, 1.807) is 0 Å². The van der Waals surface area contributed by atoms with E-state index in [0.717, 1.165) is 5.56 Å². The summed E-state index contributed by atoms with van der Waals surface area (Å²) in [6, 6.07) is 14.8. The molecule has 6 nitrogen and oxygen atoms in total. The molecule has 0 unspecified atom stereocenters. The highest BCUT2D eigenvalue weighted by Gasteiger charge is 2.24. The van der Waals surface area contributed by atoms with Crippen LogP contribution in [-0.2, 0) is 4.79 Å². The Morgan fingerprint density at radius 2 is 1.76 bits per heavy atom. The Labute approximate surface area is 150 Å². The molecular weight excluding hydrogens is 344 g/mol. The second kappa shape index (κ2) is 8.60. The standard InChI is InChI=1S/C18H19ClN2O4/c1-13(14-5-3-2-4-6-14)20(18(23)11-19)12-17(22)15-7-9-16(10-8-15)21(24)25/h2-10,13,17,22H,11-12H2,1H3/t13-,17-/m1/s1. The number of aliphatic hydroxyl groups excluding tert-OH is 1. The number of nitro benzene ring substituents is 1. The number of aliphatic hydroxyl groups is 1. The highest BCUT2D eigenvalue weighted by Crippen LogP contribution is 2.25. The molecule has 1 N–H and O–H groups in total. The first-order chi connectivity index (χ1) is 11.9. The van der Waals surface area contributed by atoms with Gasteiger partial charge in [-0.15, -0.1) is 11.6 Å². The minimum Gasteiger partial charge on any atom is -0.387 e. The largest absolute Gasteiger partial charge is 0.387 e. The number of carbonyl (C=O) groups is 1. The fourth-order valence-electron chi connectivity index (χ4n) is 2.57. The second-order valence-electron chi connectivity index (χ2n) is 5.63. The van der Waals surface area contributed by atoms with Crippen molar-refractivity contribution in [3.8, 4) is 0 Å². The van der Waals surface area contributed by atoms with Crippen molar-refractivity contribution in [3.63, 3.8) is 0 Å². The van der Waals surface area contributed by atoms with Gasteiger partial charge in [-0.2, -0.15) is 0 Å². The molecule has 0 aromatic heterocycles. The number of nitro groups is 1. The lowest BCUT2D eigenvalue weighted by atomic mass is 10.0. The molecule has 7 heteroatoms. The molecule has 0 saturated carbocycles. The molecule has 0 fully saturated rings. The fraction of sp³-hybridized carbons (Fsp3) is 0.278. The van der Waals surface area contributed by atoms with Crippen LogP contribution < -0.4 is 0 Å². The van der Waals surface area contributed by atoms with Crippen LogP contribution >= 0.6 is 11.6 Å². The fourth-order valence-corrected chi connectivity index (χ4v) is 2.73. The zero-order valence-electron chi connectivity index (χ0n) is 13.7. The van der Waals surface area contributed by atoms with E-state index in [-0.39, 0.29) is 30.1 Å². The van der Waals surface area contributed by atoms with Crippen molar-refractivity contribution in [2.75, 3.05) is 12.4 Å². The zero-order chi connectivity index (χ0) is 18.4. The van der Waals surface area contributed by atoms with Crippen LogP contribution in [0.1, 0.15) is 30.2 Å². The molecule has 2 rings (SSSR count). The molecule has 0 aliphatic carbocycles. The molecule has 0 radical (unpaired) electrons. The molecular formula is C18H19ClN2O4. The lowest BCUT2D eigenvalue weighted by molar-refractivity contribution is -0.384. The number of hydrogen-bond acceptors (Lipinski definition) is 4. The number of amides is 1. The molecule has 132 valence electrons. The first-order valence-corrected chi connectivity index (χ1v) is 8.30. The Hall–Kier alpha value is -2.44. The summed E-state index contributed by atoms with van der Waals surface area (Å²) in [5.74, 6) is -0.483. The highest BCUT2D eigenvalue weighted by atomic mass is 35.5. The average molecular weight is 363 g/mol. The molecule has 2 aromatic carbocycles. The summed E-state index contributed by atoms with van der Waals surface area (Å²) in [6.45, 7) is 1.90. The third-order valence-electron chi connectivity index (χ3n) is 4.04. The summed E-state index contributed by atoms with van der Waals surface area (Å²) in [5.41, 5.74) is 1.37. The van der Waals surface area contributed by atoms with E-state index in [1.165, 1.54) is 29.2 Å². The van der Waals surface area contributed by atoms with E-state index >= 15 is 0 Å². The van der Waals surface area contributed by atoms with E-state index in [9.17, 15) is 20.0 Å². The van der Waals surface area contributed by atoms with E-state index in [2.05, 4.69) is 0 Å². The normalized spacial score (nSPS) is 13.1. The average Bonchev–Trinajstić information content (AvgIpc) is 2.65. The lowest BCUT2D eigenvalue weighted by Crippen LogP contribution is -2.37. The number of hydrogen-bond donors (Lipinski definition) is 1. The van der Waals surface area contributed by atoms with Crippen LogP contribution in [0.15, 0.2) is 54.6 Å². The van der Waals surface area contributed by atoms with Gasteiger partial charge in [0.25, 0.3) is 5.69 Å². The summed E-state index contributed by atoms with van der Waals surface area (Å²) >= 11 is 5.72. The summed E-state index contributed by atoms with van der Waals surface area (Å²) in [5, 5.41) is 21.2. The number of alkyl halides is 1. The van der Waals surface area contributed by atoms with Crippen LogP contribution in [0.25, 0.3) is 0 Å². The third-order valence-corrected chi connectivity index (χ3v) is 4.27. The summed E-state index contributed by atoms with van der Waals surface area (Å²) in [6.07, 6.45) is -0.973. The first-order valence-electron chi connectivity index (χ1n) is 7.76. The monoisotopic (exact) mass is 362 g/mol. The predicted octanol–water partition coefficient (Wildman–Crippen LogP) is 3.46. The van der Waals surface area contributed by atoms with Crippen LogP contribution in [0.4, 0.5) is 5.69 Å². The van der Waals surface area contributed by atoms with Gasteiger partial charge in [-0.1, -0.05) is 30.3 Å². The maximum Gasteiger partial charge on any atom is 0.269 e. The number of carbonyl (C=O) groups excluding carboxylic acids is 1. The minimum atomic E-state index is -0.973. The van der Waals surface area contributed by atoms with Crippen molar-refractivity contribution < 1.29 is 14.8 Å². The molecule has 0 spiro atoms. The van der Waals surface area contributed by atoms with Gasteiger partial charge in [0, 0.05) is 12.1 Å². The van der Waals surface area contributed by atoms with Gasteiger partial charge in [-0.25, -0.2) is 0 Å². The van der Waals surface area contributed by atoms with Gasteiger partial charge in [0.05, 0.1) is 23.6 Å². The van der Waals surface area contributed by atoms with Gasteiger partial charge < -0.3 is 10.0 Å². The van der Waals surface area contributed by atoms with Crippen LogP contribution in [0.3, 0.4) is 0 Å². The molecule has 0 aliphatic heterocycles. The van der Waals surface area contributed by atoms with Crippen molar-refractivity contribution in [1.29, 1.82) is 0 Å². The van der Waals surface area contributed by atoms with E-state index < -0.39 is 11.0 Å². The summed E-state index contributed by atoms with van der Waals surface area (Å²) in [7, 11) is 0. The topological polar surface area (TPSA) is 83.7 Å². The molecule has 0 aliphatic rings. The molecule has 25 heavy (non-hydrogen) atoms. The van der Waals surface area contributed by atoms with E-state index in [0.29, 0.717) is 5.56 Å². The summed E-state index contributed by atoms with van der Waals surface area (Å²) in [4.78, 5) is 23.9. The van der Waals surface area contributed by atoms with E-state index in [4.69, 9.17) is 11.6 Å². The van der Waals surface area contributed by atoms with Gasteiger partial charge in [-0.3, -0.25) is 14.9 Å². The molecule has 0 heterocycles. The Balaban J connectivity index is 2.18. The molecule has 0 bridgehead atoms. The number of nitrogens with zero attached hydrogens (tertiary/aromatic N) is 2. The summed E-state index contributed by atoms with van der Waals surface area (Å²) < 4.78 is 0. The smallest absolute Gasteiger partial charge is 0.269 e. The Bertz CT molecular complexity index is 722. The van der Waals surface area contributed by atoms with Gasteiger partial charge in [-0.05, 0) is 30.2 Å². The third kappa shape index (κ3) is 4.78. The number of rotatable bonds is 7. The second-order valence-corrected chi connectivity index (χ2v) is 5.90. The maximum atomic E-state index is 12.2. The molecule has 2 atom stereocenters. The van der Waals surface area contributed by atoms with Crippen molar-refractivity contribution in [3.05, 3.63) is 75.8 Å². The quantitative estimate of drug-likeness (QED) is 0.464. The first kappa shape index (κ1) is 18.9. The van der Waals surface area contributed by atoms with Crippen LogP contribution in [-0.4, -0.2) is 33.3 Å². The zero-order valence-corrected chi connectivity index (χ0v) is 14.5. The van der Waals surface area contributed by atoms with Gasteiger partial charge in [0.15, 0.2) is 0 Å². The molecule has 0 saturated heterocycles. The van der Waals surface area contributed by atoms with Crippen LogP contribution in [0, 0.1) is 10.1 Å². The van der Waals surface area contributed by atoms with Gasteiger partial charge in [0.1, 0.15) is 5.88 Å². The van der Waals surface area contributed by atoms with Crippen molar-refractivity contribution in [2.24, 2.45) is 0 Å². The Kier molecular flexibility index (Phi) is 6.50. The number of halogens is 1. The van der Waals surface area contributed by atoms with Crippen molar-refractivity contribution in [2.45, 2.75) is 19.1 Å². The minimum absolute atomic E-state index is 0.0411. The SMILES string of the molecule is C[C@H](c1ccccc1)N(C[C@@H](O)c1ccc([N+](=O)[O-])cc1)C(=O)CCl. The maximum absolute atomic E-state index is 12.2. The lowest BCUT2D eigenvalue weighted by Gasteiger charge is -2.31. The van der Waals surface area contributed by atoms with Crippen molar-refractivity contribution in [1.82, 2.24) is 4.90 Å². The van der Waals surface area contributed by atoms with Gasteiger partial charge >= 0.3 is 0 Å². The number of non-ortho nitro benzene ring substituents is 1. The van der Waals surface area contributed by atoms with Crippen molar-refractivity contribution >= 4 is 23.2 Å². The number of benzene rings is 2. The van der Waals surface area contributed by atoms with Gasteiger partial charge in [0.2, 0.25) is 5.91 Å². The predicted molar refractivity (Wildman–Crippen MR) is 95.3 cm³/mol.